The van der Waals surface area contributed by atoms with Gasteiger partial charge in [0.25, 0.3) is 0 Å². The molecule has 3 aliphatic rings. The summed E-state index contributed by atoms with van der Waals surface area (Å²) in [5, 5.41) is 22.5. The Bertz CT molecular complexity index is 1630. The number of benzene rings is 1. The fourth-order valence-electron chi connectivity index (χ4n) is 6.84. The first-order valence-corrected chi connectivity index (χ1v) is 14.7. The van der Waals surface area contributed by atoms with E-state index in [9.17, 15) is 9.90 Å². The van der Waals surface area contributed by atoms with Crippen molar-refractivity contribution in [3.8, 4) is 11.3 Å². The Hall–Kier alpha value is -3.41. The topological polar surface area (TPSA) is 123 Å². The van der Waals surface area contributed by atoms with Crippen LogP contribution >= 0.6 is 23.2 Å². The van der Waals surface area contributed by atoms with Crippen molar-refractivity contribution in [3.05, 3.63) is 52.4 Å². The molecule has 4 atom stereocenters. The second-order valence-electron chi connectivity index (χ2n) is 11.1. The predicted octanol–water partition coefficient (Wildman–Crippen LogP) is 4.89. The molecule has 4 aromatic rings. The van der Waals surface area contributed by atoms with Crippen LogP contribution in [-0.2, 0) is 17.2 Å². The number of aryl methyl sites for hydroxylation is 1. The third kappa shape index (κ3) is 4.41. The Morgan fingerprint density at radius 3 is 2.83 bits per heavy atom. The molecule has 0 bridgehead atoms. The quantitative estimate of drug-likeness (QED) is 0.322. The van der Waals surface area contributed by atoms with E-state index >= 15 is 0 Å². The summed E-state index contributed by atoms with van der Waals surface area (Å²) in [6, 6.07) is 7.49. The molecule has 3 fully saturated rings. The van der Waals surface area contributed by atoms with Crippen molar-refractivity contribution < 1.29 is 14.6 Å². The molecule has 13 heteroatoms. The summed E-state index contributed by atoms with van der Waals surface area (Å²) in [6.45, 7) is 2.51. The smallest absolute Gasteiger partial charge is 0.404 e. The van der Waals surface area contributed by atoms with Gasteiger partial charge in [0.05, 0.1) is 21.9 Å². The zero-order valence-electron chi connectivity index (χ0n) is 22.5. The van der Waals surface area contributed by atoms with Gasteiger partial charge in [-0.25, -0.2) is 19.4 Å². The van der Waals surface area contributed by atoms with Gasteiger partial charge in [0.2, 0.25) is 0 Å². The molecule has 5 heterocycles. The van der Waals surface area contributed by atoms with E-state index in [0.29, 0.717) is 51.5 Å². The SMILES string of the molecule is Cn1ccc(C2(CNC(=O)O)C3CCN(c4cnc5c(-c6cccc(Cl)c6Cl)nn(C6CCCCO6)c5n4)CC32)n1. The third-order valence-corrected chi connectivity index (χ3v) is 9.72. The molecule has 11 nitrogen and oxygen atoms in total. The lowest BCUT2D eigenvalue weighted by molar-refractivity contribution is -0.0368. The van der Waals surface area contributed by atoms with Crippen LogP contribution in [0.5, 0.6) is 0 Å². The van der Waals surface area contributed by atoms with Gasteiger partial charge in [-0.3, -0.25) is 4.68 Å². The number of ether oxygens (including phenoxy) is 1. The average molecular weight is 598 g/mol. The Labute approximate surface area is 246 Å². The van der Waals surface area contributed by atoms with Gasteiger partial charge in [0.15, 0.2) is 11.9 Å². The highest BCUT2D eigenvalue weighted by Crippen LogP contribution is 2.63. The van der Waals surface area contributed by atoms with E-state index in [1.807, 2.05) is 36.1 Å². The van der Waals surface area contributed by atoms with Gasteiger partial charge in [-0.15, -0.1) is 0 Å². The first-order valence-electron chi connectivity index (χ1n) is 13.9. The monoisotopic (exact) mass is 596 g/mol. The molecule has 1 aliphatic carbocycles. The van der Waals surface area contributed by atoms with Crippen LogP contribution in [0, 0.1) is 11.8 Å². The number of rotatable bonds is 6. The molecule has 3 aromatic heterocycles. The molecule has 1 saturated carbocycles. The highest BCUT2D eigenvalue weighted by atomic mass is 35.5. The first kappa shape index (κ1) is 26.5. The zero-order valence-corrected chi connectivity index (χ0v) is 24.0. The molecule has 0 radical (unpaired) electrons. The Morgan fingerprint density at radius 1 is 1.20 bits per heavy atom. The van der Waals surface area contributed by atoms with Crippen molar-refractivity contribution in [2.24, 2.45) is 18.9 Å². The molecule has 0 spiro atoms. The number of halogens is 2. The highest BCUT2D eigenvalue weighted by molar-refractivity contribution is 6.43. The second-order valence-corrected chi connectivity index (χ2v) is 11.9. The highest BCUT2D eigenvalue weighted by Gasteiger charge is 2.67. The Balaban J connectivity index is 1.25. The summed E-state index contributed by atoms with van der Waals surface area (Å²) < 4.78 is 9.72. The van der Waals surface area contributed by atoms with Crippen LogP contribution in [0.4, 0.5) is 10.6 Å². The minimum Gasteiger partial charge on any atom is -0.465 e. The molecule has 1 aromatic carbocycles. The number of piperidine rings is 1. The second kappa shape index (κ2) is 10.1. The molecule has 214 valence electrons. The van der Waals surface area contributed by atoms with Crippen molar-refractivity contribution in [1.29, 1.82) is 0 Å². The number of anilines is 1. The van der Waals surface area contributed by atoms with Crippen molar-refractivity contribution in [2.75, 3.05) is 31.1 Å². The minimum absolute atomic E-state index is 0.239. The molecule has 2 saturated heterocycles. The molecule has 1 amide bonds. The van der Waals surface area contributed by atoms with Gasteiger partial charge in [-0.2, -0.15) is 10.2 Å². The van der Waals surface area contributed by atoms with Gasteiger partial charge in [0, 0.05) is 50.5 Å². The lowest BCUT2D eigenvalue weighted by Crippen LogP contribution is -2.35. The maximum atomic E-state index is 11.4. The standard InChI is InChI=1S/C28H30Cl2N8O3/c1-36-10-9-20(34-36)28(15-32-27(39)40)17-8-11-37(14-18(17)28)21-13-31-25-24(16-5-4-6-19(29)23(16)30)35-38(26(25)33-21)22-7-2-3-12-41-22/h4-6,9-10,13,17-18,22,32H,2-3,7-8,11-12,14-15H2,1H3,(H,39,40). The third-order valence-electron chi connectivity index (χ3n) is 8.90. The largest absolute Gasteiger partial charge is 0.465 e. The molecular formula is C28H30Cl2N8O3. The van der Waals surface area contributed by atoms with Crippen molar-refractivity contribution in [3.63, 3.8) is 0 Å². The van der Waals surface area contributed by atoms with Crippen molar-refractivity contribution in [2.45, 2.75) is 37.3 Å². The van der Waals surface area contributed by atoms with Crippen molar-refractivity contribution >= 4 is 46.3 Å². The summed E-state index contributed by atoms with van der Waals surface area (Å²) in [5.74, 6) is 1.34. The van der Waals surface area contributed by atoms with Crippen LogP contribution in [0.2, 0.25) is 10.0 Å². The van der Waals surface area contributed by atoms with Crippen LogP contribution < -0.4 is 10.2 Å². The number of hydrogen-bond acceptors (Lipinski definition) is 7. The average Bonchev–Trinajstić information content (AvgIpc) is 3.21. The minimum atomic E-state index is -1.02. The summed E-state index contributed by atoms with van der Waals surface area (Å²) in [4.78, 5) is 23.6. The van der Waals surface area contributed by atoms with Crippen molar-refractivity contribution in [1.82, 2.24) is 34.8 Å². The number of fused-ring (bicyclic) bond motifs is 2. The fourth-order valence-corrected chi connectivity index (χ4v) is 7.23. The van der Waals surface area contributed by atoms with Gasteiger partial charge < -0.3 is 20.1 Å². The van der Waals surface area contributed by atoms with E-state index < -0.39 is 6.09 Å². The first-order chi connectivity index (χ1) is 19.9. The van der Waals surface area contributed by atoms with Gasteiger partial charge in [-0.05, 0) is 49.7 Å². The van der Waals surface area contributed by atoms with Crippen LogP contribution in [0.1, 0.15) is 37.6 Å². The van der Waals surface area contributed by atoms with Gasteiger partial charge >= 0.3 is 6.09 Å². The number of aromatic nitrogens is 6. The van der Waals surface area contributed by atoms with E-state index in [1.54, 1.807) is 16.9 Å². The lowest BCUT2D eigenvalue weighted by atomic mass is 9.97. The lowest BCUT2D eigenvalue weighted by Gasteiger charge is -2.27. The van der Waals surface area contributed by atoms with E-state index in [0.717, 1.165) is 50.3 Å². The summed E-state index contributed by atoms with van der Waals surface area (Å²) in [5.41, 5.74) is 3.20. The van der Waals surface area contributed by atoms with Gasteiger partial charge in [-0.1, -0.05) is 35.3 Å². The Morgan fingerprint density at radius 2 is 2.07 bits per heavy atom. The number of amides is 1. The molecule has 7 rings (SSSR count). The normalized spacial score (nSPS) is 25.7. The van der Waals surface area contributed by atoms with Gasteiger partial charge in [0.1, 0.15) is 17.0 Å². The van der Waals surface area contributed by atoms with E-state index in [2.05, 4.69) is 15.3 Å². The van der Waals surface area contributed by atoms with Crippen LogP contribution in [0.3, 0.4) is 0 Å². The summed E-state index contributed by atoms with van der Waals surface area (Å²) >= 11 is 12.9. The van der Waals surface area contributed by atoms with E-state index in [1.165, 1.54) is 0 Å². The maximum absolute atomic E-state index is 11.4. The fraction of sp³-hybridized carbons (Fsp3) is 0.464. The molecule has 2 N–H and O–H groups in total. The van der Waals surface area contributed by atoms with Crippen LogP contribution in [0.25, 0.3) is 22.4 Å². The predicted molar refractivity (Wildman–Crippen MR) is 154 cm³/mol. The number of carbonyl (C=O) groups is 1. The molecular weight excluding hydrogens is 567 g/mol. The molecule has 4 unspecified atom stereocenters. The number of nitrogens with one attached hydrogen (secondary N) is 1. The van der Waals surface area contributed by atoms with Crippen LogP contribution in [0.15, 0.2) is 36.7 Å². The molecule has 41 heavy (non-hydrogen) atoms. The zero-order chi connectivity index (χ0) is 28.3. The maximum Gasteiger partial charge on any atom is 0.404 e. The Kier molecular flexibility index (Phi) is 6.55. The summed E-state index contributed by atoms with van der Waals surface area (Å²) in [7, 11) is 1.88. The number of nitrogens with zero attached hydrogens (tertiary/aromatic N) is 7. The van der Waals surface area contributed by atoms with Crippen LogP contribution in [-0.4, -0.2) is 67.0 Å². The van der Waals surface area contributed by atoms with E-state index in [-0.39, 0.29) is 17.6 Å². The van der Waals surface area contributed by atoms with E-state index in [4.69, 9.17) is 43.0 Å². The number of hydrogen-bond donors (Lipinski definition) is 2. The molecule has 2 aliphatic heterocycles. The summed E-state index contributed by atoms with van der Waals surface area (Å²) in [6.07, 6.45) is 6.24. The number of carboxylic acid groups (broad SMARTS) is 1.